The molecular weight excluding hydrogens is 254 g/mol. The molecule has 0 aliphatic carbocycles. The van der Waals surface area contributed by atoms with Gasteiger partial charge in [0.15, 0.2) is 0 Å². The van der Waals surface area contributed by atoms with Crippen molar-refractivity contribution >= 4 is 15.9 Å². The maximum Gasteiger partial charge on any atom is 0.0963 e. The van der Waals surface area contributed by atoms with Gasteiger partial charge in [0.25, 0.3) is 0 Å². The molecule has 1 rings (SSSR count). The van der Waals surface area contributed by atoms with E-state index < -0.39 is 0 Å². The summed E-state index contributed by atoms with van der Waals surface area (Å²) >= 11 is 3.55. The van der Waals surface area contributed by atoms with E-state index in [1.807, 2.05) is 25.2 Å². The van der Waals surface area contributed by atoms with Gasteiger partial charge in [-0.2, -0.15) is 0 Å². The first kappa shape index (κ1) is 12.7. The van der Waals surface area contributed by atoms with Gasteiger partial charge in [-0.15, -0.1) is 0 Å². The monoisotopic (exact) mass is 271 g/mol. The Morgan fingerprint density at radius 3 is 2.53 bits per heavy atom. The van der Waals surface area contributed by atoms with E-state index in [1.54, 1.807) is 0 Å². The molecule has 1 unspecified atom stereocenters. The Bertz CT molecular complexity index is 301. The van der Waals surface area contributed by atoms with Crippen LogP contribution in [0.25, 0.3) is 0 Å². The topological polar surface area (TPSA) is 21.3 Å². The summed E-state index contributed by atoms with van der Waals surface area (Å²) in [6, 6.07) is 8.18. The quantitative estimate of drug-likeness (QED) is 0.889. The lowest BCUT2D eigenvalue weighted by Gasteiger charge is -2.21. The van der Waals surface area contributed by atoms with Gasteiger partial charge in [0.2, 0.25) is 0 Å². The predicted octanol–water partition coefficient (Wildman–Crippen LogP) is 3.13. The highest BCUT2D eigenvalue weighted by atomic mass is 79.9. The number of rotatable bonds is 5. The van der Waals surface area contributed by atoms with Crippen LogP contribution in [0.4, 0.5) is 0 Å². The number of hydrogen-bond acceptors (Lipinski definition) is 2. The average molecular weight is 272 g/mol. The first-order valence-corrected chi connectivity index (χ1v) is 5.99. The van der Waals surface area contributed by atoms with Crippen molar-refractivity contribution in [1.82, 2.24) is 5.32 Å². The molecule has 0 bridgehead atoms. The van der Waals surface area contributed by atoms with Crippen LogP contribution >= 0.6 is 15.9 Å². The van der Waals surface area contributed by atoms with Crippen LogP contribution in [0.15, 0.2) is 28.7 Å². The molecule has 3 heteroatoms. The molecule has 0 radical (unpaired) electrons. The second-order valence-electron chi connectivity index (χ2n) is 3.75. The summed E-state index contributed by atoms with van der Waals surface area (Å²) in [4.78, 5) is 0. The summed E-state index contributed by atoms with van der Waals surface area (Å²) in [5.74, 6) is 0. The molecule has 0 heterocycles. The highest BCUT2D eigenvalue weighted by molar-refractivity contribution is 9.10. The van der Waals surface area contributed by atoms with Crippen LogP contribution in [0.5, 0.6) is 0 Å². The number of halogens is 1. The van der Waals surface area contributed by atoms with Gasteiger partial charge in [-0.05, 0) is 32.5 Å². The zero-order chi connectivity index (χ0) is 11.3. The summed E-state index contributed by atoms with van der Waals surface area (Å²) in [6.45, 7) is 4.93. The largest absolute Gasteiger partial charge is 0.370 e. The highest BCUT2D eigenvalue weighted by Gasteiger charge is 2.15. The standard InChI is InChI=1S/C12H18BrNO/c1-9(2)15-12(8-14-3)10-6-4-5-7-11(10)13/h4-7,9,12,14H,8H2,1-3H3. The fourth-order valence-corrected chi connectivity index (χ4v) is 2.02. The van der Waals surface area contributed by atoms with Crippen molar-refractivity contribution in [3.8, 4) is 0 Å². The third-order valence-electron chi connectivity index (χ3n) is 2.08. The molecule has 2 nitrogen and oxygen atoms in total. The normalized spacial score (nSPS) is 13.1. The van der Waals surface area contributed by atoms with Crippen LogP contribution < -0.4 is 5.32 Å². The smallest absolute Gasteiger partial charge is 0.0963 e. The van der Waals surface area contributed by atoms with Gasteiger partial charge in [0, 0.05) is 11.0 Å². The minimum Gasteiger partial charge on any atom is -0.370 e. The van der Waals surface area contributed by atoms with Gasteiger partial charge in [0.1, 0.15) is 0 Å². The number of hydrogen-bond donors (Lipinski definition) is 1. The zero-order valence-corrected chi connectivity index (χ0v) is 11.0. The summed E-state index contributed by atoms with van der Waals surface area (Å²) in [7, 11) is 1.94. The summed E-state index contributed by atoms with van der Waals surface area (Å²) in [6.07, 6.45) is 0.334. The van der Waals surface area contributed by atoms with Crippen molar-refractivity contribution in [2.75, 3.05) is 13.6 Å². The van der Waals surface area contributed by atoms with E-state index in [0.717, 1.165) is 11.0 Å². The molecule has 0 amide bonds. The second kappa shape index (κ2) is 6.26. The molecule has 1 N–H and O–H groups in total. The number of likely N-dealkylation sites (N-methyl/N-ethyl adjacent to an activating group) is 1. The summed E-state index contributed by atoms with van der Waals surface area (Å²) in [5.41, 5.74) is 1.19. The van der Waals surface area contributed by atoms with E-state index >= 15 is 0 Å². The maximum atomic E-state index is 5.87. The van der Waals surface area contributed by atoms with Gasteiger partial charge in [0.05, 0.1) is 12.2 Å². The predicted molar refractivity (Wildman–Crippen MR) is 67.0 cm³/mol. The van der Waals surface area contributed by atoms with Crippen molar-refractivity contribution in [3.63, 3.8) is 0 Å². The van der Waals surface area contributed by atoms with Gasteiger partial charge >= 0.3 is 0 Å². The first-order chi connectivity index (χ1) is 7.15. The van der Waals surface area contributed by atoms with Crippen molar-refractivity contribution in [2.45, 2.75) is 26.1 Å². The van der Waals surface area contributed by atoms with Crippen molar-refractivity contribution in [3.05, 3.63) is 34.3 Å². The van der Waals surface area contributed by atoms with Crippen molar-refractivity contribution < 1.29 is 4.74 Å². The number of nitrogens with one attached hydrogen (secondary N) is 1. The third-order valence-corrected chi connectivity index (χ3v) is 2.80. The maximum absolute atomic E-state index is 5.87. The van der Waals surface area contributed by atoms with Crippen LogP contribution in [0.1, 0.15) is 25.5 Å². The number of benzene rings is 1. The fraction of sp³-hybridized carbons (Fsp3) is 0.500. The van der Waals surface area contributed by atoms with Crippen LogP contribution in [-0.4, -0.2) is 19.7 Å². The van der Waals surface area contributed by atoms with E-state index in [-0.39, 0.29) is 12.2 Å². The molecular formula is C12H18BrNO. The van der Waals surface area contributed by atoms with Crippen molar-refractivity contribution in [2.24, 2.45) is 0 Å². The third kappa shape index (κ3) is 3.93. The Hall–Kier alpha value is -0.380. The molecule has 0 aliphatic heterocycles. The highest BCUT2D eigenvalue weighted by Crippen LogP contribution is 2.26. The lowest BCUT2D eigenvalue weighted by atomic mass is 10.1. The van der Waals surface area contributed by atoms with Gasteiger partial charge < -0.3 is 10.1 Å². The molecule has 1 aromatic carbocycles. The Kier molecular flexibility index (Phi) is 5.29. The Labute approximate surface area is 100 Å². The summed E-state index contributed by atoms with van der Waals surface area (Å²) in [5, 5.41) is 3.15. The zero-order valence-electron chi connectivity index (χ0n) is 9.46. The van der Waals surface area contributed by atoms with Gasteiger partial charge in [-0.3, -0.25) is 0 Å². The first-order valence-electron chi connectivity index (χ1n) is 5.19. The lowest BCUT2D eigenvalue weighted by molar-refractivity contribution is 0.00775. The van der Waals surface area contributed by atoms with E-state index in [9.17, 15) is 0 Å². The van der Waals surface area contributed by atoms with E-state index in [2.05, 4.69) is 41.2 Å². The van der Waals surface area contributed by atoms with Crippen LogP contribution in [0.2, 0.25) is 0 Å². The Balaban J connectivity index is 2.83. The molecule has 0 saturated carbocycles. The minimum absolute atomic E-state index is 0.102. The van der Waals surface area contributed by atoms with Crippen LogP contribution in [0, 0.1) is 0 Å². The van der Waals surface area contributed by atoms with Gasteiger partial charge in [-0.1, -0.05) is 34.1 Å². The molecule has 15 heavy (non-hydrogen) atoms. The Morgan fingerprint density at radius 1 is 1.33 bits per heavy atom. The molecule has 0 aromatic heterocycles. The minimum atomic E-state index is 0.102. The fourth-order valence-electron chi connectivity index (χ4n) is 1.48. The molecule has 0 fully saturated rings. The molecule has 0 spiro atoms. The SMILES string of the molecule is CNCC(OC(C)C)c1ccccc1Br. The van der Waals surface area contributed by atoms with Crippen LogP contribution in [0.3, 0.4) is 0 Å². The Morgan fingerprint density at radius 2 is 2.00 bits per heavy atom. The second-order valence-corrected chi connectivity index (χ2v) is 4.61. The van der Waals surface area contributed by atoms with Crippen molar-refractivity contribution in [1.29, 1.82) is 0 Å². The lowest BCUT2D eigenvalue weighted by Crippen LogP contribution is -2.22. The van der Waals surface area contributed by atoms with E-state index in [0.29, 0.717) is 0 Å². The average Bonchev–Trinajstić information content (AvgIpc) is 2.17. The molecule has 84 valence electrons. The molecule has 0 saturated heterocycles. The van der Waals surface area contributed by atoms with E-state index in [1.165, 1.54) is 5.56 Å². The van der Waals surface area contributed by atoms with Gasteiger partial charge in [-0.25, -0.2) is 0 Å². The molecule has 1 atom stereocenters. The molecule has 1 aromatic rings. The summed E-state index contributed by atoms with van der Waals surface area (Å²) < 4.78 is 6.97. The number of ether oxygens (including phenoxy) is 1. The molecule has 0 aliphatic rings. The van der Waals surface area contributed by atoms with Crippen LogP contribution in [-0.2, 0) is 4.74 Å². The van der Waals surface area contributed by atoms with E-state index in [4.69, 9.17) is 4.74 Å².